The first kappa shape index (κ1) is 16.1. The van der Waals surface area contributed by atoms with Gasteiger partial charge >= 0.3 is 0 Å². The van der Waals surface area contributed by atoms with Crippen molar-refractivity contribution < 1.29 is 9.53 Å². The van der Waals surface area contributed by atoms with Crippen LogP contribution in [-0.4, -0.2) is 12.5 Å². The van der Waals surface area contributed by atoms with Crippen LogP contribution in [0.4, 0.5) is 5.69 Å². The molecule has 0 atom stereocenters. The summed E-state index contributed by atoms with van der Waals surface area (Å²) in [7, 11) is 0. The third-order valence-electron chi connectivity index (χ3n) is 3.50. The van der Waals surface area contributed by atoms with E-state index in [0.717, 1.165) is 23.4 Å². The molecule has 0 heterocycles. The van der Waals surface area contributed by atoms with Crippen LogP contribution >= 0.6 is 0 Å². The van der Waals surface area contributed by atoms with Crippen molar-refractivity contribution in [1.82, 2.24) is 0 Å². The molecule has 0 aliphatic rings. The van der Waals surface area contributed by atoms with E-state index < -0.39 is 0 Å². The highest BCUT2D eigenvalue weighted by Gasteiger charge is 2.08. The maximum Gasteiger partial charge on any atom is 0.255 e. The molecule has 1 N–H and O–H groups in total. The predicted octanol–water partition coefficient (Wildman–Crippen LogP) is 4.82. The molecule has 0 saturated heterocycles. The lowest BCUT2D eigenvalue weighted by Crippen LogP contribution is -2.13. The van der Waals surface area contributed by atoms with Crippen molar-refractivity contribution >= 4 is 11.6 Å². The smallest absolute Gasteiger partial charge is 0.255 e. The number of nitrogens with one attached hydrogen (secondary N) is 1. The number of aryl methyl sites for hydroxylation is 1. The molecule has 0 bridgehead atoms. The molecule has 0 radical (unpaired) electrons. The van der Waals surface area contributed by atoms with Gasteiger partial charge < -0.3 is 10.1 Å². The fourth-order valence-electron chi connectivity index (χ4n) is 2.23. The molecule has 2 aromatic carbocycles. The van der Waals surface area contributed by atoms with Crippen LogP contribution in [0.1, 0.15) is 42.1 Å². The fraction of sp³-hybridized carbons (Fsp3) is 0.316. The predicted molar refractivity (Wildman–Crippen MR) is 90.6 cm³/mol. The van der Waals surface area contributed by atoms with Crippen LogP contribution in [0.15, 0.2) is 48.5 Å². The molecule has 22 heavy (non-hydrogen) atoms. The molecular formula is C19H23NO2. The molecule has 3 nitrogen and oxygen atoms in total. The van der Waals surface area contributed by atoms with E-state index in [1.807, 2.05) is 55.5 Å². The average molecular weight is 297 g/mol. The molecule has 0 aliphatic heterocycles. The molecule has 3 heteroatoms. The molecule has 116 valence electrons. The molecule has 2 rings (SSSR count). The van der Waals surface area contributed by atoms with Gasteiger partial charge in [-0.1, -0.05) is 44.0 Å². The average Bonchev–Trinajstić information content (AvgIpc) is 2.52. The summed E-state index contributed by atoms with van der Waals surface area (Å²) in [6.07, 6.45) is 3.40. The molecule has 0 fully saturated rings. The molecule has 0 unspecified atom stereocenters. The Labute approximate surface area is 132 Å². The van der Waals surface area contributed by atoms with E-state index in [1.165, 1.54) is 12.8 Å². The van der Waals surface area contributed by atoms with Gasteiger partial charge in [0.1, 0.15) is 5.75 Å². The van der Waals surface area contributed by atoms with E-state index in [4.69, 9.17) is 4.74 Å². The lowest BCUT2D eigenvalue weighted by Gasteiger charge is -2.10. The Hall–Kier alpha value is -2.29. The van der Waals surface area contributed by atoms with Gasteiger partial charge in [-0.15, -0.1) is 0 Å². The van der Waals surface area contributed by atoms with Gasteiger partial charge in [0.2, 0.25) is 0 Å². The van der Waals surface area contributed by atoms with Gasteiger partial charge in [-0.2, -0.15) is 0 Å². The summed E-state index contributed by atoms with van der Waals surface area (Å²) in [5, 5.41) is 2.92. The van der Waals surface area contributed by atoms with Gasteiger partial charge in [0.25, 0.3) is 5.91 Å². The van der Waals surface area contributed by atoms with Crippen molar-refractivity contribution in [2.24, 2.45) is 0 Å². The van der Waals surface area contributed by atoms with Crippen molar-refractivity contribution in [2.45, 2.75) is 33.1 Å². The Balaban J connectivity index is 1.98. The number of ether oxygens (including phenoxy) is 1. The number of hydrogen-bond donors (Lipinski definition) is 1. The zero-order valence-corrected chi connectivity index (χ0v) is 13.3. The maximum absolute atomic E-state index is 12.3. The standard InChI is InChI=1S/C19H23NO2/c1-3-4-7-13-22-17-11-8-10-16(14-17)20-19(21)18-12-6-5-9-15(18)2/h5-6,8-12,14H,3-4,7,13H2,1-2H3,(H,20,21). The molecule has 0 aromatic heterocycles. The van der Waals surface area contributed by atoms with E-state index in [0.29, 0.717) is 12.2 Å². The molecule has 2 aromatic rings. The summed E-state index contributed by atoms with van der Waals surface area (Å²) >= 11 is 0. The number of anilines is 1. The summed E-state index contributed by atoms with van der Waals surface area (Å²) in [6, 6.07) is 15.1. The summed E-state index contributed by atoms with van der Waals surface area (Å²) in [4.78, 5) is 12.3. The number of carbonyl (C=O) groups is 1. The molecular weight excluding hydrogens is 274 g/mol. The lowest BCUT2D eigenvalue weighted by molar-refractivity contribution is 0.102. The topological polar surface area (TPSA) is 38.3 Å². The first-order valence-corrected chi connectivity index (χ1v) is 7.80. The van der Waals surface area contributed by atoms with Gasteiger partial charge in [0, 0.05) is 17.3 Å². The fourth-order valence-corrected chi connectivity index (χ4v) is 2.23. The van der Waals surface area contributed by atoms with Crippen LogP contribution in [-0.2, 0) is 0 Å². The number of unbranched alkanes of at least 4 members (excludes halogenated alkanes) is 2. The van der Waals surface area contributed by atoms with Crippen molar-refractivity contribution in [3.05, 3.63) is 59.7 Å². The van der Waals surface area contributed by atoms with Gasteiger partial charge in [0.05, 0.1) is 6.61 Å². The SMILES string of the molecule is CCCCCOc1cccc(NC(=O)c2ccccc2C)c1. The van der Waals surface area contributed by atoms with Crippen LogP contribution in [0.5, 0.6) is 5.75 Å². The molecule has 0 aliphatic carbocycles. The highest BCUT2D eigenvalue weighted by atomic mass is 16.5. The summed E-state index contributed by atoms with van der Waals surface area (Å²) in [5.41, 5.74) is 2.41. The van der Waals surface area contributed by atoms with Gasteiger partial charge in [-0.05, 0) is 37.1 Å². The third kappa shape index (κ3) is 4.62. The largest absolute Gasteiger partial charge is 0.494 e. The van der Waals surface area contributed by atoms with Crippen LogP contribution in [0, 0.1) is 6.92 Å². The van der Waals surface area contributed by atoms with Crippen molar-refractivity contribution in [2.75, 3.05) is 11.9 Å². The van der Waals surface area contributed by atoms with Crippen LogP contribution in [0.3, 0.4) is 0 Å². The van der Waals surface area contributed by atoms with Crippen molar-refractivity contribution in [1.29, 1.82) is 0 Å². The summed E-state index contributed by atoms with van der Waals surface area (Å²) in [6.45, 7) is 4.81. The second-order valence-corrected chi connectivity index (χ2v) is 5.35. The van der Waals surface area contributed by atoms with E-state index in [9.17, 15) is 4.79 Å². The maximum atomic E-state index is 12.3. The summed E-state index contributed by atoms with van der Waals surface area (Å²) < 4.78 is 5.71. The minimum Gasteiger partial charge on any atom is -0.494 e. The first-order valence-electron chi connectivity index (χ1n) is 7.80. The zero-order chi connectivity index (χ0) is 15.8. The second kappa shape index (κ2) is 8.23. The van der Waals surface area contributed by atoms with Gasteiger partial charge in [-0.25, -0.2) is 0 Å². The number of carbonyl (C=O) groups excluding carboxylic acids is 1. The zero-order valence-electron chi connectivity index (χ0n) is 13.3. The molecule has 0 spiro atoms. The highest BCUT2D eigenvalue weighted by Crippen LogP contribution is 2.19. The van der Waals surface area contributed by atoms with E-state index in [2.05, 4.69) is 12.2 Å². The third-order valence-corrected chi connectivity index (χ3v) is 3.50. The Morgan fingerprint density at radius 2 is 1.91 bits per heavy atom. The minimum absolute atomic E-state index is 0.0961. The number of hydrogen-bond acceptors (Lipinski definition) is 2. The Kier molecular flexibility index (Phi) is 6.01. The first-order chi connectivity index (χ1) is 10.7. The number of amides is 1. The van der Waals surface area contributed by atoms with E-state index >= 15 is 0 Å². The van der Waals surface area contributed by atoms with Gasteiger partial charge in [-0.3, -0.25) is 4.79 Å². The van der Waals surface area contributed by atoms with Gasteiger partial charge in [0.15, 0.2) is 0 Å². The Morgan fingerprint density at radius 1 is 1.09 bits per heavy atom. The van der Waals surface area contributed by atoms with Crippen LogP contribution in [0.2, 0.25) is 0 Å². The monoisotopic (exact) mass is 297 g/mol. The second-order valence-electron chi connectivity index (χ2n) is 5.35. The molecule has 0 saturated carbocycles. The number of rotatable bonds is 7. The van der Waals surface area contributed by atoms with Crippen molar-refractivity contribution in [3.63, 3.8) is 0 Å². The Bertz CT molecular complexity index is 622. The highest BCUT2D eigenvalue weighted by molar-refractivity contribution is 6.05. The van der Waals surface area contributed by atoms with E-state index in [1.54, 1.807) is 0 Å². The van der Waals surface area contributed by atoms with Crippen LogP contribution < -0.4 is 10.1 Å². The quantitative estimate of drug-likeness (QED) is 0.744. The van der Waals surface area contributed by atoms with Crippen LogP contribution in [0.25, 0.3) is 0 Å². The van der Waals surface area contributed by atoms with E-state index in [-0.39, 0.29) is 5.91 Å². The minimum atomic E-state index is -0.0961. The number of benzene rings is 2. The Morgan fingerprint density at radius 3 is 2.68 bits per heavy atom. The molecule has 1 amide bonds. The lowest BCUT2D eigenvalue weighted by atomic mass is 10.1. The normalized spacial score (nSPS) is 10.3. The van der Waals surface area contributed by atoms with Crippen molar-refractivity contribution in [3.8, 4) is 5.75 Å². The summed E-state index contributed by atoms with van der Waals surface area (Å²) in [5.74, 6) is 0.694.